The number of hydrogen-bond acceptors (Lipinski definition) is 5. The molecule has 0 fully saturated rings. The summed E-state index contributed by atoms with van der Waals surface area (Å²) in [5.74, 6) is 1.10. The molecule has 0 heterocycles. The lowest BCUT2D eigenvalue weighted by atomic mass is 9.88. The van der Waals surface area contributed by atoms with Gasteiger partial charge in [0.2, 0.25) is 0 Å². The van der Waals surface area contributed by atoms with Gasteiger partial charge < -0.3 is 19.9 Å². The van der Waals surface area contributed by atoms with Crippen molar-refractivity contribution in [3.8, 4) is 5.75 Å². The summed E-state index contributed by atoms with van der Waals surface area (Å²) in [7, 11) is 0. The van der Waals surface area contributed by atoms with E-state index in [4.69, 9.17) is 9.47 Å². The molecule has 0 spiro atoms. The third-order valence-electron chi connectivity index (χ3n) is 6.10. The molecule has 0 radical (unpaired) electrons. The number of aliphatic hydroxyl groups is 1. The molecule has 0 unspecified atom stereocenters. The van der Waals surface area contributed by atoms with Gasteiger partial charge in [-0.05, 0) is 97.1 Å². The topological polar surface area (TPSA) is 67.8 Å². The molecular weight excluding hydrogens is 482 g/mol. The molecule has 3 rings (SSSR count). The second-order valence-electron chi connectivity index (χ2n) is 9.55. The van der Waals surface area contributed by atoms with E-state index in [1.165, 1.54) is 11.1 Å². The number of hydrogen-bond donors (Lipinski definition) is 2. The first-order valence-corrected chi connectivity index (χ1v) is 12.6. The van der Waals surface area contributed by atoms with Gasteiger partial charge in [0.05, 0.1) is 11.1 Å². The summed E-state index contributed by atoms with van der Waals surface area (Å²) >= 11 is 3.50. The number of esters is 1. The molecule has 1 aliphatic carbocycles. The van der Waals surface area contributed by atoms with Crippen molar-refractivity contribution in [1.29, 1.82) is 0 Å². The lowest BCUT2D eigenvalue weighted by Gasteiger charge is -2.30. The average molecular weight is 518 g/mol. The fraction of sp³-hybridized carbons (Fsp3) is 0.519. The summed E-state index contributed by atoms with van der Waals surface area (Å²) in [6, 6.07) is 14.5. The minimum Gasteiger partial charge on any atom is -0.490 e. The molecule has 0 aliphatic heterocycles. The summed E-state index contributed by atoms with van der Waals surface area (Å²) < 4.78 is 11.7. The van der Waals surface area contributed by atoms with Gasteiger partial charge in [-0.2, -0.15) is 0 Å². The van der Waals surface area contributed by atoms with E-state index in [2.05, 4.69) is 59.4 Å². The zero-order valence-corrected chi connectivity index (χ0v) is 21.5. The van der Waals surface area contributed by atoms with Gasteiger partial charge in [-0.1, -0.05) is 30.3 Å². The van der Waals surface area contributed by atoms with Crippen LogP contribution in [0.25, 0.3) is 0 Å². The molecule has 0 saturated carbocycles. The Bertz CT molecular complexity index is 905. The molecule has 33 heavy (non-hydrogen) atoms. The summed E-state index contributed by atoms with van der Waals surface area (Å²) in [4.78, 5) is 11.6. The summed E-state index contributed by atoms with van der Waals surface area (Å²) in [6.07, 6.45) is 3.62. The minimum absolute atomic E-state index is 0.0682. The second kappa shape index (κ2) is 12.0. The Morgan fingerprint density at radius 1 is 1.21 bits per heavy atom. The van der Waals surface area contributed by atoms with E-state index < -0.39 is 6.10 Å². The highest BCUT2D eigenvalue weighted by Gasteiger charge is 2.28. The standard InChI is InChI=1S/C27H36BrNO4/c1-4-32-26(31)12-10-19-9-11-24(28)25(15-19)33-18-23(30)17-29-27(2,3)16-20-13-21-7-5-6-8-22(21)14-20/h5-9,11,15,20,23,29-30H,4,10,12-14,16-18H2,1-3H3/t23-/m1/s1. The van der Waals surface area contributed by atoms with Crippen molar-refractivity contribution >= 4 is 21.9 Å². The number of halogens is 1. The molecule has 0 aromatic heterocycles. The predicted molar refractivity (Wildman–Crippen MR) is 135 cm³/mol. The third kappa shape index (κ3) is 8.13. The van der Waals surface area contributed by atoms with Crippen LogP contribution in [-0.2, 0) is 28.8 Å². The Kier molecular flexibility index (Phi) is 9.36. The number of rotatable bonds is 12. The monoisotopic (exact) mass is 517 g/mol. The van der Waals surface area contributed by atoms with E-state index >= 15 is 0 Å². The maximum Gasteiger partial charge on any atom is 0.306 e. The van der Waals surface area contributed by atoms with Crippen molar-refractivity contribution in [2.24, 2.45) is 5.92 Å². The molecule has 5 nitrogen and oxygen atoms in total. The van der Waals surface area contributed by atoms with Crippen LogP contribution in [0, 0.1) is 5.92 Å². The molecular formula is C27H36BrNO4. The van der Waals surface area contributed by atoms with Crippen LogP contribution in [0.15, 0.2) is 46.9 Å². The maximum atomic E-state index is 11.6. The number of carbonyl (C=O) groups is 1. The number of aliphatic hydroxyl groups excluding tert-OH is 1. The first-order chi connectivity index (χ1) is 15.8. The van der Waals surface area contributed by atoms with Gasteiger partial charge in [0.25, 0.3) is 0 Å². The van der Waals surface area contributed by atoms with E-state index in [0.29, 0.717) is 37.7 Å². The molecule has 1 atom stereocenters. The zero-order chi connectivity index (χ0) is 23.8. The molecule has 2 aromatic rings. The van der Waals surface area contributed by atoms with Crippen LogP contribution in [0.2, 0.25) is 0 Å². The van der Waals surface area contributed by atoms with Crippen molar-refractivity contribution in [2.45, 2.75) is 64.5 Å². The van der Waals surface area contributed by atoms with Crippen LogP contribution >= 0.6 is 15.9 Å². The number of carbonyl (C=O) groups excluding carboxylic acids is 1. The molecule has 0 bridgehead atoms. The fourth-order valence-corrected chi connectivity index (χ4v) is 4.88. The molecule has 0 amide bonds. The van der Waals surface area contributed by atoms with Crippen LogP contribution in [0.5, 0.6) is 5.75 Å². The lowest BCUT2D eigenvalue weighted by Crippen LogP contribution is -2.46. The predicted octanol–water partition coefficient (Wildman–Crippen LogP) is 4.86. The highest BCUT2D eigenvalue weighted by molar-refractivity contribution is 9.10. The van der Waals surface area contributed by atoms with Gasteiger partial charge >= 0.3 is 5.97 Å². The van der Waals surface area contributed by atoms with Gasteiger partial charge in [0.1, 0.15) is 18.5 Å². The Labute approximate surface area is 206 Å². The number of nitrogens with one attached hydrogen (secondary N) is 1. The smallest absolute Gasteiger partial charge is 0.306 e. The normalized spacial score (nSPS) is 14.7. The zero-order valence-electron chi connectivity index (χ0n) is 19.9. The molecule has 6 heteroatoms. The summed E-state index contributed by atoms with van der Waals surface area (Å²) in [5.41, 5.74) is 3.87. The first kappa shape index (κ1) is 25.7. The van der Waals surface area contributed by atoms with Crippen LogP contribution in [-0.4, -0.2) is 42.5 Å². The fourth-order valence-electron chi connectivity index (χ4n) is 4.52. The van der Waals surface area contributed by atoms with Crippen molar-refractivity contribution in [2.75, 3.05) is 19.8 Å². The summed E-state index contributed by atoms with van der Waals surface area (Å²) in [5, 5.41) is 14.0. The number of ether oxygens (including phenoxy) is 2. The van der Waals surface area contributed by atoms with Crippen LogP contribution in [0.1, 0.15) is 50.3 Å². The SMILES string of the molecule is CCOC(=O)CCc1ccc(Br)c(OC[C@H](O)CNC(C)(C)CC2Cc3ccccc3C2)c1. The van der Waals surface area contributed by atoms with Crippen molar-refractivity contribution in [3.05, 3.63) is 63.6 Å². The number of β-amino-alcohol motifs (C(OH)–C–C–N with tert-alkyl or cyclic N) is 1. The molecule has 1 aliphatic rings. The average Bonchev–Trinajstić information content (AvgIpc) is 3.18. The quantitative estimate of drug-likeness (QED) is 0.393. The molecule has 0 saturated heterocycles. The van der Waals surface area contributed by atoms with Gasteiger partial charge in [0.15, 0.2) is 0 Å². The van der Waals surface area contributed by atoms with Gasteiger partial charge in [0, 0.05) is 18.5 Å². The van der Waals surface area contributed by atoms with E-state index in [9.17, 15) is 9.90 Å². The minimum atomic E-state index is -0.625. The van der Waals surface area contributed by atoms with Crippen LogP contribution in [0.4, 0.5) is 0 Å². The molecule has 180 valence electrons. The van der Waals surface area contributed by atoms with Crippen LogP contribution in [0.3, 0.4) is 0 Å². The third-order valence-corrected chi connectivity index (χ3v) is 6.76. The largest absolute Gasteiger partial charge is 0.490 e. The van der Waals surface area contributed by atoms with Crippen molar-refractivity contribution in [3.63, 3.8) is 0 Å². The lowest BCUT2D eigenvalue weighted by molar-refractivity contribution is -0.143. The van der Waals surface area contributed by atoms with E-state index in [0.717, 1.165) is 29.3 Å². The second-order valence-corrected chi connectivity index (χ2v) is 10.4. The highest BCUT2D eigenvalue weighted by atomic mass is 79.9. The van der Waals surface area contributed by atoms with E-state index in [1.54, 1.807) is 6.92 Å². The van der Waals surface area contributed by atoms with E-state index in [1.807, 2.05) is 18.2 Å². The molecule has 2 aromatic carbocycles. The Hall–Kier alpha value is -1.89. The van der Waals surface area contributed by atoms with Crippen molar-refractivity contribution in [1.82, 2.24) is 5.32 Å². The van der Waals surface area contributed by atoms with Gasteiger partial charge in [-0.25, -0.2) is 0 Å². The highest BCUT2D eigenvalue weighted by Crippen LogP contribution is 2.32. The van der Waals surface area contributed by atoms with E-state index in [-0.39, 0.29) is 18.1 Å². The van der Waals surface area contributed by atoms with Gasteiger partial charge in [-0.3, -0.25) is 4.79 Å². The first-order valence-electron chi connectivity index (χ1n) is 11.8. The number of fused-ring (bicyclic) bond motifs is 1. The van der Waals surface area contributed by atoms with Gasteiger partial charge in [-0.15, -0.1) is 0 Å². The Morgan fingerprint density at radius 3 is 2.58 bits per heavy atom. The molecule has 2 N–H and O–H groups in total. The summed E-state index contributed by atoms with van der Waals surface area (Å²) in [6.45, 7) is 7.26. The Balaban J connectivity index is 1.43. The van der Waals surface area contributed by atoms with Crippen molar-refractivity contribution < 1.29 is 19.4 Å². The number of aryl methyl sites for hydroxylation is 1. The van der Waals surface area contributed by atoms with Crippen LogP contribution < -0.4 is 10.1 Å². The number of benzene rings is 2. The Morgan fingerprint density at radius 2 is 1.91 bits per heavy atom. The maximum absolute atomic E-state index is 11.6.